The van der Waals surface area contributed by atoms with Gasteiger partial charge in [0.25, 0.3) is 0 Å². The van der Waals surface area contributed by atoms with E-state index >= 15 is 0 Å². The number of nitrogens with one attached hydrogen (secondary N) is 1. The van der Waals surface area contributed by atoms with Crippen LogP contribution in [-0.4, -0.2) is 47.1 Å². The lowest BCUT2D eigenvalue weighted by Gasteiger charge is -2.36. The number of piperidine rings is 1. The quantitative estimate of drug-likeness (QED) is 0.806. The number of fused-ring (bicyclic) bond motifs is 1. The molecule has 2 N–H and O–H groups in total. The molecule has 0 saturated carbocycles. The average Bonchev–Trinajstić information content (AvgIpc) is 2.71. The zero-order valence-corrected chi connectivity index (χ0v) is 16.7. The number of carbonyl (C=O) groups is 2. The monoisotopic (exact) mass is 414 g/mol. The maximum absolute atomic E-state index is 12.6. The summed E-state index contributed by atoms with van der Waals surface area (Å²) in [6.07, 6.45) is 0.755. The standard InChI is InChI=1S/C22H23ClN2O4/c23-17-4-2-1-3-15(17)11-22(28)25-10-9-20(19(26)13-25)29-16-7-5-14-6-8-21(27)24-18(14)12-16/h1-5,7,12,19-20,26H,6,8-11,13H2,(H,24,27)/t19-,20-/m1/s1. The van der Waals surface area contributed by atoms with E-state index in [1.807, 2.05) is 30.3 Å². The van der Waals surface area contributed by atoms with Crippen LogP contribution in [0, 0.1) is 0 Å². The Morgan fingerprint density at radius 1 is 1.24 bits per heavy atom. The Morgan fingerprint density at radius 3 is 2.86 bits per heavy atom. The molecular weight excluding hydrogens is 392 g/mol. The Balaban J connectivity index is 1.36. The van der Waals surface area contributed by atoms with Crippen molar-refractivity contribution in [1.29, 1.82) is 0 Å². The van der Waals surface area contributed by atoms with Gasteiger partial charge < -0.3 is 20.1 Å². The minimum atomic E-state index is -0.787. The summed E-state index contributed by atoms with van der Waals surface area (Å²) >= 11 is 6.14. The highest BCUT2D eigenvalue weighted by atomic mass is 35.5. The van der Waals surface area contributed by atoms with Crippen LogP contribution in [0.4, 0.5) is 5.69 Å². The van der Waals surface area contributed by atoms with Crippen molar-refractivity contribution in [3.8, 4) is 5.75 Å². The summed E-state index contributed by atoms with van der Waals surface area (Å²) in [6, 6.07) is 12.9. The molecule has 0 radical (unpaired) electrons. The van der Waals surface area contributed by atoms with Crippen LogP contribution in [-0.2, 0) is 22.4 Å². The van der Waals surface area contributed by atoms with Gasteiger partial charge in [0.1, 0.15) is 18.0 Å². The highest BCUT2D eigenvalue weighted by molar-refractivity contribution is 6.31. The summed E-state index contributed by atoms with van der Waals surface area (Å²) in [5.41, 5.74) is 2.63. The number of amides is 2. The zero-order valence-electron chi connectivity index (χ0n) is 15.9. The van der Waals surface area contributed by atoms with Gasteiger partial charge in [0.2, 0.25) is 11.8 Å². The van der Waals surface area contributed by atoms with Gasteiger partial charge in [0.15, 0.2) is 0 Å². The molecule has 2 atom stereocenters. The van der Waals surface area contributed by atoms with Crippen LogP contribution < -0.4 is 10.1 Å². The fourth-order valence-corrected chi connectivity index (χ4v) is 3.99. The normalized spacial score (nSPS) is 21.3. The van der Waals surface area contributed by atoms with Crippen molar-refractivity contribution in [2.24, 2.45) is 0 Å². The Labute approximate surface area is 174 Å². The fraction of sp³-hybridized carbons (Fsp3) is 0.364. The first-order chi connectivity index (χ1) is 14.0. The van der Waals surface area contributed by atoms with Crippen molar-refractivity contribution >= 4 is 29.1 Å². The van der Waals surface area contributed by atoms with Crippen molar-refractivity contribution in [3.05, 3.63) is 58.6 Å². The molecule has 0 aromatic heterocycles. The van der Waals surface area contributed by atoms with Gasteiger partial charge in [-0.3, -0.25) is 9.59 Å². The smallest absolute Gasteiger partial charge is 0.227 e. The lowest BCUT2D eigenvalue weighted by atomic mass is 10.0. The van der Waals surface area contributed by atoms with E-state index in [9.17, 15) is 14.7 Å². The number of anilines is 1. The summed E-state index contributed by atoms with van der Waals surface area (Å²) in [5, 5.41) is 14.0. The number of nitrogens with zero attached hydrogens (tertiary/aromatic N) is 1. The molecule has 0 aliphatic carbocycles. The number of rotatable bonds is 4. The third-order valence-electron chi connectivity index (χ3n) is 5.44. The average molecular weight is 415 g/mol. The predicted molar refractivity (Wildman–Crippen MR) is 110 cm³/mol. The van der Waals surface area contributed by atoms with Crippen LogP contribution >= 0.6 is 11.6 Å². The van der Waals surface area contributed by atoms with Crippen molar-refractivity contribution in [3.63, 3.8) is 0 Å². The third kappa shape index (κ3) is 4.54. The molecule has 2 aliphatic heterocycles. The van der Waals surface area contributed by atoms with Gasteiger partial charge in [-0.05, 0) is 29.7 Å². The van der Waals surface area contributed by atoms with Gasteiger partial charge >= 0.3 is 0 Å². The molecule has 2 amide bonds. The molecular formula is C22H23ClN2O4. The number of likely N-dealkylation sites (tertiary alicyclic amines) is 1. The molecule has 29 heavy (non-hydrogen) atoms. The molecule has 0 spiro atoms. The molecule has 0 bridgehead atoms. The summed E-state index contributed by atoms with van der Waals surface area (Å²) < 4.78 is 5.97. The number of aryl methyl sites for hydroxylation is 1. The second-order valence-electron chi connectivity index (χ2n) is 7.49. The first kappa shape index (κ1) is 19.7. The molecule has 2 aromatic carbocycles. The van der Waals surface area contributed by atoms with Gasteiger partial charge in [0, 0.05) is 36.2 Å². The second-order valence-corrected chi connectivity index (χ2v) is 7.89. The number of carbonyl (C=O) groups excluding carboxylic acids is 2. The van der Waals surface area contributed by atoms with Crippen molar-refractivity contribution in [1.82, 2.24) is 4.90 Å². The largest absolute Gasteiger partial charge is 0.488 e. The highest BCUT2D eigenvalue weighted by Crippen LogP contribution is 2.29. The summed E-state index contributed by atoms with van der Waals surface area (Å²) in [6.45, 7) is 0.725. The molecule has 1 fully saturated rings. The van der Waals surface area contributed by atoms with Gasteiger partial charge in [-0.25, -0.2) is 0 Å². The van der Waals surface area contributed by atoms with Gasteiger partial charge in [-0.15, -0.1) is 0 Å². The van der Waals surface area contributed by atoms with Crippen molar-refractivity contribution < 1.29 is 19.4 Å². The Hall–Kier alpha value is -2.57. The van der Waals surface area contributed by atoms with E-state index in [1.165, 1.54) is 0 Å². The van der Waals surface area contributed by atoms with Crippen LogP contribution in [0.5, 0.6) is 5.75 Å². The second kappa shape index (κ2) is 8.43. The van der Waals surface area contributed by atoms with E-state index < -0.39 is 12.2 Å². The minimum Gasteiger partial charge on any atom is -0.488 e. The van der Waals surface area contributed by atoms with Crippen LogP contribution in [0.3, 0.4) is 0 Å². The summed E-state index contributed by atoms with van der Waals surface area (Å²) in [7, 11) is 0. The van der Waals surface area contributed by atoms with Crippen molar-refractivity contribution in [2.75, 3.05) is 18.4 Å². The van der Waals surface area contributed by atoms with E-state index in [4.69, 9.17) is 16.3 Å². The Bertz CT molecular complexity index is 933. The van der Waals surface area contributed by atoms with Crippen LogP contribution in [0.15, 0.2) is 42.5 Å². The van der Waals surface area contributed by atoms with E-state index in [-0.39, 0.29) is 24.8 Å². The van der Waals surface area contributed by atoms with E-state index in [0.29, 0.717) is 30.2 Å². The lowest BCUT2D eigenvalue weighted by molar-refractivity contribution is -0.136. The van der Waals surface area contributed by atoms with E-state index in [2.05, 4.69) is 5.32 Å². The number of ether oxygens (including phenoxy) is 1. The van der Waals surface area contributed by atoms with Crippen molar-refractivity contribution in [2.45, 2.75) is 37.9 Å². The van der Waals surface area contributed by atoms with E-state index in [0.717, 1.165) is 23.2 Å². The number of benzene rings is 2. The molecule has 4 rings (SSSR count). The Morgan fingerprint density at radius 2 is 2.07 bits per heavy atom. The zero-order chi connectivity index (χ0) is 20.4. The molecule has 152 valence electrons. The molecule has 6 nitrogen and oxygen atoms in total. The topological polar surface area (TPSA) is 78.9 Å². The maximum Gasteiger partial charge on any atom is 0.227 e. The van der Waals surface area contributed by atoms with Gasteiger partial charge in [-0.2, -0.15) is 0 Å². The van der Waals surface area contributed by atoms with Gasteiger partial charge in [0.05, 0.1) is 13.0 Å². The van der Waals surface area contributed by atoms with Crippen LogP contribution in [0.2, 0.25) is 5.02 Å². The fourth-order valence-electron chi connectivity index (χ4n) is 3.79. The molecule has 2 heterocycles. The van der Waals surface area contributed by atoms with E-state index in [1.54, 1.807) is 17.0 Å². The number of aliphatic hydroxyl groups excluding tert-OH is 1. The SMILES string of the molecule is O=C1CCc2ccc(O[C@@H]3CCN(C(=O)Cc4ccccc4Cl)C[C@H]3O)cc2N1. The number of aliphatic hydroxyl groups is 1. The molecule has 2 aromatic rings. The summed E-state index contributed by atoms with van der Waals surface area (Å²) in [4.78, 5) is 25.8. The molecule has 2 aliphatic rings. The molecule has 1 saturated heterocycles. The van der Waals surface area contributed by atoms with Crippen LogP contribution in [0.25, 0.3) is 0 Å². The third-order valence-corrected chi connectivity index (χ3v) is 5.81. The number of halogens is 1. The van der Waals surface area contributed by atoms with Crippen LogP contribution in [0.1, 0.15) is 24.0 Å². The predicted octanol–water partition coefficient (Wildman–Crippen LogP) is 2.81. The number of β-amino-alcohol motifs (C(OH)–C–C–N with tert-alkyl or cyclic N) is 1. The summed E-state index contributed by atoms with van der Waals surface area (Å²) in [5.74, 6) is 0.540. The highest BCUT2D eigenvalue weighted by Gasteiger charge is 2.32. The first-order valence-electron chi connectivity index (χ1n) is 9.78. The molecule has 0 unspecified atom stereocenters. The molecule has 7 heteroatoms. The van der Waals surface area contributed by atoms with Gasteiger partial charge in [-0.1, -0.05) is 35.9 Å². The lowest BCUT2D eigenvalue weighted by Crippen LogP contribution is -2.51. The Kier molecular flexibility index (Phi) is 5.74. The number of hydrogen-bond acceptors (Lipinski definition) is 4. The first-order valence-corrected chi connectivity index (χ1v) is 10.2. The number of hydrogen-bond donors (Lipinski definition) is 2. The minimum absolute atomic E-state index is 0.0000230. The maximum atomic E-state index is 12.6.